The number of hydrogen-bond acceptors (Lipinski definition) is 3. The summed E-state index contributed by atoms with van der Waals surface area (Å²) in [6, 6.07) is 0. The van der Waals surface area contributed by atoms with Crippen LogP contribution in [0.5, 0.6) is 0 Å². The first-order valence-electron chi connectivity index (χ1n) is 2.38. The molecule has 0 saturated heterocycles. The molecule has 5 heteroatoms. The van der Waals surface area contributed by atoms with Gasteiger partial charge in [0.2, 0.25) is 0 Å². The van der Waals surface area contributed by atoms with E-state index in [-0.39, 0.29) is 0 Å². The van der Waals surface area contributed by atoms with Crippen molar-refractivity contribution in [3.05, 3.63) is 3.83 Å². The van der Waals surface area contributed by atoms with Crippen molar-refractivity contribution >= 4 is 25.8 Å². The summed E-state index contributed by atoms with van der Waals surface area (Å²) in [6.07, 6.45) is 0. The molecule has 0 aliphatic carbocycles. The zero-order valence-electron chi connectivity index (χ0n) is 5.35. The Kier molecular flexibility index (Phi) is 1.89. The maximum absolute atomic E-state index is 5.29. The van der Waals surface area contributed by atoms with Gasteiger partial charge in [0.05, 0.1) is 0 Å². The number of alkyl halides is 2. The van der Waals surface area contributed by atoms with Gasteiger partial charge in [-0.1, -0.05) is 0 Å². The Hall–Kier alpha value is -0.330. The number of nitrogens with two attached hydrogens (primary N) is 1. The second-order valence-corrected chi connectivity index (χ2v) is 7.08. The number of nitrogen functional groups attached to an aromatic ring is 1. The van der Waals surface area contributed by atoms with Gasteiger partial charge in [-0.25, -0.2) is 0 Å². The minimum absolute atomic E-state index is 0.357. The first kappa shape index (κ1) is 6.79. The fourth-order valence-corrected chi connectivity index (χ4v) is 1.76. The Morgan fingerprint density at radius 3 is 2.44 bits per heavy atom. The van der Waals surface area contributed by atoms with E-state index < -0.39 is 19.8 Å². The van der Waals surface area contributed by atoms with E-state index in [4.69, 9.17) is 5.73 Å². The summed E-state index contributed by atoms with van der Waals surface area (Å²) in [4.78, 5) is 8.36. The SMILES string of the molecule is CI(C)c1nc(N)n[nH]1. The number of nitrogens with zero attached hydrogens (tertiary/aromatic N) is 2. The molecule has 0 saturated carbocycles. The number of hydrogen-bond donors (Lipinski definition) is 2. The standard InChI is InChI=1S/C4H9IN4/c1-5(2)3-7-4(6)9-8-3/h1-2H3,(H3,6,7,8,9). The monoisotopic (exact) mass is 240 g/mol. The van der Waals surface area contributed by atoms with E-state index in [0.29, 0.717) is 5.95 Å². The van der Waals surface area contributed by atoms with Crippen LogP contribution < -0.4 is 5.73 Å². The van der Waals surface area contributed by atoms with Gasteiger partial charge in [-0.3, -0.25) is 0 Å². The molecule has 0 radical (unpaired) electrons. The molecular weight excluding hydrogens is 231 g/mol. The van der Waals surface area contributed by atoms with Crippen molar-refractivity contribution in [2.75, 3.05) is 15.6 Å². The molecule has 9 heavy (non-hydrogen) atoms. The summed E-state index contributed by atoms with van der Waals surface area (Å²) >= 11 is -0.969. The molecule has 0 amide bonds. The number of anilines is 1. The number of aromatic nitrogens is 3. The van der Waals surface area contributed by atoms with Gasteiger partial charge in [0.25, 0.3) is 0 Å². The van der Waals surface area contributed by atoms with Crippen molar-refractivity contribution in [2.45, 2.75) is 0 Å². The number of H-pyrrole nitrogens is 1. The summed E-state index contributed by atoms with van der Waals surface area (Å²) in [6.45, 7) is 0. The normalized spacial score (nSPS) is 11.6. The molecule has 3 N–H and O–H groups in total. The van der Waals surface area contributed by atoms with Crippen LogP contribution in [0, 0.1) is 3.83 Å². The van der Waals surface area contributed by atoms with Crippen molar-refractivity contribution in [1.82, 2.24) is 15.2 Å². The van der Waals surface area contributed by atoms with Crippen molar-refractivity contribution in [3.8, 4) is 0 Å². The van der Waals surface area contributed by atoms with Crippen LogP contribution in [0.4, 0.5) is 5.95 Å². The summed E-state index contributed by atoms with van der Waals surface area (Å²) in [7, 11) is 0. The molecule has 0 bridgehead atoms. The molecule has 1 heterocycles. The van der Waals surface area contributed by atoms with Gasteiger partial charge in [0, 0.05) is 0 Å². The first-order chi connectivity index (χ1) is 4.20. The van der Waals surface area contributed by atoms with Crippen LogP contribution in [0.2, 0.25) is 0 Å². The van der Waals surface area contributed by atoms with Crippen molar-refractivity contribution in [1.29, 1.82) is 0 Å². The van der Waals surface area contributed by atoms with Crippen molar-refractivity contribution < 1.29 is 0 Å². The van der Waals surface area contributed by atoms with E-state index in [1.54, 1.807) is 0 Å². The van der Waals surface area contributed by atoms with Gasteiger partial charge in [-0.05, 0) is 0 Å². The molecule has 0 aliphatic heterocycles. The van der Waals surface area contributed by atoms with E-state index in [9.17, 15) is 0 Å². The third-order valence-corrected chi connectivity index (χ3v) is 3.36. The molecule has 0 fully saturated rings. The van der Waals surface area contributed by atoms with Crippen LogP contribution in [0.15, 0.2) is 0 Å². The third kappa shape index (κ3) is 1.54. The van der Waals surface area contributed by atoms with Crippen LogP contribution in [0.25, 0.3) is 0 Å². The van der Waals surface area contributed by atoms with Gasteiger partial charge in [0.15, 0.2) is 0 Å². The van der Waals surface area contributed by atoms with Gasteiger partial charge in [-0.15, -0.1) is 0 Å². The molecule has 1 rings (SSSR count). The van der Waals surface area contributed by atoms with Crippen LogP contribution in [-0.4, -0.2) is 25.0 Å². The molecule has 0 aliphatic rings. The second-order valence-electron chi connectivity index (χ2n) is 1.74. The number of rotatable bonds is 1. The Labute approximate surface area is 60.6 Å². The Balaban J connectivity index is 2.85. The van der Waals surface area contributed by atoms with Gasteiger partial charge in [0.1, 0.15) is 0 Å². The van der Waals surface area contributed by atoms with Gasteiger partial charge < -0.3 is 0 Å². The molecule has 1 aromatic heterocycles. The minimum atomic E-state index is -0.969. The quantitative estimate of drug-likeness (QED) is 0.548. The maximum atomic E-state index is 5.29. The summed E-state index contributed by atoms with van der Waals surface area (Å²) < 4.78 is 0.997. The summed E-state index contributed by atoms with van der Waals surface area (Å²) in [5.74, 6) is 0.357. The Morgan fingerprint density at radius 2 is 2.22 bits per heavy atom. The molecule has 1 aromatic rings. The predicted molar refractivity (Wildman–Crippen MR) is 45.4 cm³/mol. The van der Waals surface area contributed by atoms with E-state index >= 15 is 0 Å². The summed E-state index contributed by atoms with van der Waals surface area (Å²) in [5, 5.41) is 6.51. The Morgan fingerprint density at radius 1 is 1.56 bits per heavy atom. The average molecular weight is 240 g/mol. The number of nitrogens with one attached hydrogen (secondary N) is 1. The molecule has 0 unspecified atom stereocenters. The molecular formula is C4H9IN4. The zero-order chi connectivity index (χ0) is 6.85. The van der Waals surface area contributed by atoms with E-state index in [2.05, 4.69) is 25.0 Å². The average Bonchev–Trinajstić information content (AvgIpc) is 2.14. The van der Waals surface area contributed by atoms with Crippen molar-refractivity contribution in [2.24, 2.45) is 0 Å². The molecule has 52 valence electrons. The fourth-order valence-electron chi connectivity index (χ4n) is 0.423. The fraction of sp³-hybridized carbons (Fsp3) is 0.500. The molecule has 0 aromatic carbocycles. The third-order valence-electron chi connectivity index (χ3n) is 0.833. The van der Waals surface area contributed by atoms with Gasteiger partial charge in [-0.2, -0.15) is 0 Å². The Bertz CT molecular complexity index is 194. The second kappa shape index (κ2) is 2.51. The number of halogens is 1. The molecule has 0 spiro atoms. The van der Waals surface area contributed by atoms with E-state index in [1.165, 1.54) is 0 Å². The van der Waals surface area contributed by atoms with Crippen LogP contribution in [0.3, 0.4) is 0 Å². The van der Waals surface area contributed by atoms with Crippen LogP contribution >= 0.6 is 19.8 Å². The van der Waals surface area contributed by atoms with Crippen molar-refractivity contribution in [3.63, 3.8) is 0 Å². The predicted octanol–water partition coefficient (Wildman–Crippen LogP) is 0.322. The van der Waals surface area contributed by atoms with Crippen LogP contribution in [0.1, 0.15) is 0 Å². The van der Waals surface area contributed by atoms with Crippen LogP contribution in [-0.2, 0) is 0 Å². The topological polar surface area (TPSA) is 67.6 Å². The first-order valence-corrected chi connectivity index (χ1v) is 7.77. The molecule has 4 nitrogen and oxygen atoms in total. The molecule has 0 atom stereocenters. The van der Waals surface area contributed by atoms with E-state index in [1.807, 2.05) is 0 Å². The zero-order valence-corrected chi connectivity index (χ0v) is 7.51. The van der Waals surface area contributed by atoms with E-state index in [0.717, 1.165) is 3.83 Å². The number of aromatic amines is 1. The van der Waals surface area contributed by atoms with Gasteiger partial charge >= 0.3 is 60.4 Å². The summed E-state index contributed by atoms with van der Waals surface area (Å²) in [5.41, 5.74) is 5.29.